The van der Waals surface area contributed by atoms with Crippen molar-refractivity contribution in [1.29, 1.82) is 0 Å². The van der Waals surface area contributed by atoms with Gasteiger partial charge in [0.1, 0.15) is 51.7 Å². The smallest absolute Gasteiger partial charge is 0.204 e. The quantitative estimate of drug-likeness (QED) is 0.172. The van der Waals surface area contributed by atoms with Gasteiger partial charge in [-0.15, -0.1) is 0 Å². The lowest BCUT2D eigenvalue weighted by Gasteiger charge is -2.13. The van der Waals surface area contributed by atoms with Gasteiger partial charge in [0.25, 0.3) is 0 Å². The van der Waals surface area contributed by atoms with Crippen LogP contribution in [0.3, 0.4) is 0 Å². The molecule has 14 heteroatoms. The van der Waals surface area contributed by atoms with E-state index in [0.717, 1.165) is 10.6 Å². The number of anilines is 2. The molecule has 0 saturated carbocycles. The zero-order chi connectivity index (χ0) is 30.6. The van der Waals surface area contributed by atoms with Gasteiger partial charge in [-0.3, -0.25) is 0 Å². The highest BCUT2D eigenvalue weighted by Gasteiger charge is 2.16. The number of furan rings is 1. The standard InChI is InChI=1S/C29H26ClFN4O6S2/c1-43(38,39)12-11-35(42(36)37)16-23-7-10-27(41-23)20-5-8-26-24(14-20)29(33-18-32-26)34-22-6-9-28(25(30)15-22)40-17-19-3-2-4-21(31)13-19/h2-10,13-15,18,42H,11-12,16-17H2,1H3,(H,32,33,34). The van der Waals surface area contributed by atoms with Crippen LogP contribution in [0.4, 0.5) is 15.9 Å². The topological polar surface area (TPSA) is 132 Å². The number of hydrogen-bond acceptors (Lipinski definition) is 9. The van der Waals surface area contributed by atoms with Crippen LogP contribution < -0.4 is 10.1 Å². The van der Waals surface area contributed by atoms with E-state index < -0.39 is 20.7 Å². The summed E-state index contributed by atoms with van der Waals surface area (Å²) in [7, 11) is -6.34. The predicted molar refractivity (Wildman–Crippen MR) is 163 cm³/mol. The van der Waals surface area contributed by atoms with Crippen molar-refractivity contribution in [2.45, 2.75) is 13.2 Å². The van der Waals surface area contributed by atoms with E-state index in [1.165, 1.54) is 18.5 Å². The lowest BCUT2D eigenvalue weighted by atomic mass is 10.1. The minimum absolute atomic E-state index is 0.0968. The van der Waals surface area contributed by atoms with E-state index in [-0.39, 0.29) is 31.3 Å². The van der Waals surface area contributed by atoms with Crippen molar-refractivity contribution in [1.82, 2.24) is 14.3 Å². The molecule has 0 saturated heterocycles. The molecular formula is C29H26ClFN4O6S2. The summed E-state index contributed by atoms with van der Waals surface area (Å²) in [5.41, 5.74) is 2.69. The molecule has 224 valence electrons. The molecule has 5 aromatic rings. The van der Waals surface area contributed by atoms with Crippen LogP contribution in [-0.2, 0) is 33.9 Å². The fourth-order valence-electron chi connectivity index (χ4n) is 4.22. The second-order valence-electron chi connectivity index (χ2n) is 9.66. The molecule has 0 fully saturated rings. The number of fused-ring (bicyclic) bond motifs is 1. The number of hydrogen-bond donors (Lipinski definition) is 2. The van der Waals surface area contributed by atoms with Gasteiger partial charge in [-0.05, 0) is 66.2 Å². The van der Waals surface area contributed by atoms with Gasteiger partial charge in [0.15, 0.2) is 0 Å². The Morgan fingerprint density at radius 1 is 1.05 bits per heavy atom. The van der Waals surface area contributed by atoms with Crippen molar-refractivity contribution in [2.24, 2.45) is 0 Å². The molecule has 0 aliphatic carbocycles. The molecule has 2 heterocycles. The monoisotopic (exact) mass is 644 g/mol. The summed E-state index contributed by atoms with van der Waals surface area (Å²) in [5, 5.41) is 4.30. The minimum Gasteiger partial charge on any atom is -0.487 e. The molecule has 43 heavy (non-hydrogen) atoms. The summed E-state index contributed by atoms with van der Waals surface area (Å²) in [5.74, 6) is 1.17. The van der Waals surface area contributed by atoms with Crippen molar-refractivity contribution in [3.63, 3.8) is 0 Å². The Morgan fingerprint density at radius 2 is 1.88 bits per heavy atom. The summed E-state index contributed by atoms with van der Waals surface area (Å²) < 4.78 is 72.4. The molecule has 0 atom stereocenters. The van der Waals surface area contributed by atoms with E-state index in [4.69, 9.17) is 20.8 Å². The molecule has 0 radical (unpaired) electrons. The third kappa shape index (κ3) is 8.08. The van der Waals surface area contributed by atoms with E-state index in [1.54, 1.807) is 42.5 Å². The summed E-state index contributed by atoms with van der Waals surface area (Å²) in [6, 6.07) is 20.1. The molecule has 0 aliphatic rings. The van der Waals surface area contributed by atoms with Gasteiger partial charge in [0.05, 0.1) is 22.8 Å². The Morgan fingerprint density at radius 3 is 2.63 bits per heavy atom. The second-order valence-corrected chi connectivity index (χ2v) is 13.4. The first-order valence-corrected chi connectivity index (χ1v) is 16.5. The van der Waals surface area contributed by atoms with Gasteiger partial charge >= 0.3 is 0 Å². The number of thiol groups is 1. The molecule has 3 aromatic carbocycles. The van der Waals surface area contributed by atoms with Gasteiger partial charge < -0.3 is 14.5 Å². The molecular weight excluding hydrogens is 619 g/mol. The van der Waals surface area contributed by atoms with Crippen LogP contribution in [0.15, 0.2) is 83.5 Å². The molecule has 0 bridgehead atoms. The SMILES string of the molecule is CS(=O)(=O)CCN(Cc1ccc(-c2ccc3ncnc(Nc4ccc(OCc5cccc(F)c5)c(Cl)c4)c3c2)o1)[SH](=O)=O. The van der Waals surface area contributed by atoms with Gasteiger partial charge in [0, 0.05) is 29.4 Å². The average molecular weight is 645 g/mol. The first-order chi connectivity index (χ1) is 20.5. The maximum absolute atomic E-state index is 13.5. The van der Waals surface area contributed by atoms with Gasteiger partial charge in [-0.25, -0.2) is 31.2 Å². The molecule has 0 amide bonds. The first kappa shape index (κ1) is 30.4. The maximum Gasteiger partial charge on any atom is 0.204 e. The normalized spacial score (nSPS) is 11.8. The molecule has 1 N–H and O–H groups in total. The number of nitrogens with one attached hydrogen (secondary N) is 1. The lowest BCUT2D eigenvalue weighted by Crippen LogP contribution is -2.27. The van der Waals surface area contributed by atoms with Crippen molar-refractivity contribution in [3.8, 4) is 17.1 Å². The van der Waals surface area contributed by atoms with Crippen LogP contribution in [0, 0.1) is 5.82 Å². The van der Waals surface area contributed by atoms with Crippen LogP contribution in [0.2, 0.25) is 5.02 Å². The van der Waals surface area contributed by atoms with Crippen molar-refractivity contribution >= 4 is 54.7 Å². The highest BCUT2D eigenvalue weighted by Crippen LogP contribution is 2.33. The number of sulfone groups is 1. The predicted octanol–water partition coefficient (Wildman–Crippen LogP) is 5.38. The molecule has 10 nitrogen and oxygen atoms in total. The number of ether oxygens (including phenoxy) is 1. The first-order valence-electron chi connectivity index (χ1n) is 12.9. The van der Waals surface area contributed by atoms with E-state index in [1.807, 2.05) is 18.2 Å². The number of aromatic nitrogens is 2. The third-order valence-electron chi connectivity index (χ3n) is 6.35. The Balaban J connectivity index is 1.32. The largest absolute Gasteiger partial charge is 0.487 e. The Labute approximate surface area is 254 Å². The molecule has 0 spiro atoms. The summed E-state index contributed by atoms with van der Waals surface area (Å²) in [6.07, 6.45) is 2.48. The van der Waals surface area contributed by atoms with Gasteiger partial charge in [0.2, 0.25) is 10.9 Å². The van der Waals surface area contributed by atoms with Crippen molar-refractivity contribution in [3.05, 3.63) is 101 Å². The van der Waals surface area contributed by atoms with Crippen LogP contribution in [0.1, 0.15) is 11.3 Å². The van der Waals surface area contributed by atoms with E-state index >= 15 is 0 Å². The molecule has 5 rings (SSSR count). The van der Waals surface area contributed by atoms with Crippen molar-refractivity contribution in [2.75, 3.05) is 23.9 Å². The van der Waals surface area contributed by atoms with Crippen LogP contribution >= 0.6 is 11.6 Å². The molecule has 0 aliphatic heterocycles. The fourth-order valence-corrected chi connectivity index (χ4v) is 5.66. The number of rotatable bonds is 12. The van der Waals surface area contributed by atoms with Crippen molar-refractivity contribution < 1.29 is 30.4 Å². The third-order valence-corrected chi connectivity index (χ3v) is 8.37. The van der Waals surface area contributed by atoms with Gasteiger partial charge in [-0.1, -0.05) is 23.7 Å². The maximum atomic E-state index is 13.5. The van der Waals surface area contributed by atoms with E-state index in [2.05, 4.69) is 15.3 Å². The zero-order valence-electron chi connectivity index (χ0n) is 22.7. The summed E-state index contributed by atoms with van der Waals surface area (Å²) in [6.45, 7) is -0.105. The highest BCUT2D eigenvalue weighted by molar-refractivity contribution is 7.90. The number of nitrogens with zero attached hydrogens (tertiary/aromatic N) is 3. The Bertz CT molecular complexity index is 1960. The summed E-state index contributed by atoms with van der Waals surface area (Å²) in [4.78, 5) is 8.73. The van der Waals surface area contributed by atoms with Gasteiger partial charge in [-0.2, -0.15) is 4.31 Å². The Hall–Kier alpha value is -4.04. The summed E-state index contributed by atoms with van der Waals surface area (Å²) >= 11 is 6.46. The highest BCUT2D eigenvalue weighted by atomic mass is 35.5. The van der Waals surface area contributed by atoms with E-state index in [9.17, 15) is 21.2 Å². The lowest BCUT2D eigenvalue weighted by molar-refractivity contribution is 0.306. The zero-order valence-corrected chi connectivity index (χ0v) is 25.2. The molecule has 0 unspecified atom stereocenters. The second kappa shape index (κ2) is 13.1. The van der Waals surface area contributed by atoms with E-state index in [0.29, 0.717) is 55.8 Å². The minimum atomic E-state index is -3.33. The number of benzene rings is 3. The Kier molecular flexibility index (Phi) is 9.25. The van der Waals surface area contributed by atoms with Crippen LogP contribution in [0.5, 0.6) is 5.75 Å². The fraction of sp³-hybridized carbons (Fsp3) is 0.172. The van der Waals surface area contributed by atoms with Crippen LogP contribution in [-0.4, -0.2) is 49.7 Å². The molecule has 2 aromatic heterocycles. The van der Waals surface area contributed by atoms with Crippen LogP contribution in [0.25, 0.3) is 22.2 Å². The average Bonchev–Trinajstić information content (AvgIpc) is 3.43. The number of halogens is 2.